The van der Waals surface area contributed by atoms with Gasteiger partial charge in [-0.3, -0.25) is 4.79 Å². The highest BCUT2D eigenvalue weighted by atomic mass is 16.5. The molecule has 0 aliphatic rings. The zero-order chi connectivity index (χ0) is 18.4. The SMILES string of the molecule is CC(C)c1ccccc1NC(=O)c1cccc(OCc2ccccc2)c1. The minimum atomic E-state index is -0.136. The number of nitrogens with one attached hydrogen (secondary N) is 1. The van der Waals surface area contributed by atoms with Crippen LogP contribution >= 0.6 is 0 Å². The number of carbonyl (C=O) groups is 1. The molecule has 0 bridgehead atoms. The molecule has 0 saturated carbocycles. The molecule has 1 N–H and O–H groups in total. The average molecular weight is 345 g/mol. The first kappa shape index (κ1) is 17.7. The van der Waals surface area contributed by atoms with Gasteiger partial charge in [-0.25, -0.2) is 0 Å². The van der Waals surface area contributed by atoms with Gasteiger partial charge in [0.15, 0.2) is 0 Å². The Hall–Kier alpha value is -3.07. The third kappa shape index (κ3) is 4.51. The fourth-order valence-corrected chi connectivity index (χ4v) is 2.78. The van der Waals surface area contributed by atoms with Crippen LogP contribution in [0.1, 0.15) is 41.3 Å². The topological polar surface area (TPSA) is 38.3 Å². The molecule has 3 aromatic rings. The van der Waals surface area contributed by atoms with Crippen LogP contribution in [0, 0.1) is 0 Å². The van der Waals surface area contributed by atoms with E-state index in [-0.39, 0.29) is 5.91 Å². The van der Waals surface area contributed by atoms with Crippen molar-refractivity contribution in [2.24, 2.45) is 0 Å². The fourth-order valence-electron chi connectivity index (χ4n) is 2.78. The monoisotopic (exact) mass is 345 g/mol. The molecule has 1 amide bonds. The Bertz CT molecular complexity index is 872. The van der Waals surface area contributed by atoms with E-state index in [4.69, 9.17) is 4.74 Å². The Balaban J connectivity index is 1.70. The highest BCUT2D eigenvalue weighted by molar-refractivity contribution is 6.04. The Morgan fingerprint density at radius 3 is 2.42 bits per heavy atom. The molecule has 0 aliphatic carbocycles. The quantitative estimate of drug-likeness (QED) is 0.628. The van der Waals surface area contributed by atoms with E-state index in [1.54, 1.807) is 12.1 Å². The van der Waals surface area contributed by atoms with E-state index in [0.29, 0.717) is 23.8 Å². The van der Waals surface area contributed by atoms with Crippen molar-refractivity contribution < 1.29 is 9.53 Å². The second-order valence-electron chi connectivity index (χ2n) is 6.50. The number of amides is 1. The number of carbonyl (C=O) groups excluding carboxylic acids is 1. The summed E-state index contributed by atoms with van der Waals surface area (Å²) in [5, 5.41) is 3.01. The molecule has 26 heavy (non-hydrogen) atoms. The van der Waals surface area contributed by atoms with E-state index in [1.807, 2.05) is 66.7 Å². The summed E-state index contributed by atoms with van der Waals surface area (Å²) < 4.78 is 5.82. The van der Waals surface area contributed by atoms with Gasteiger partial charge < -0.3 is 10.1 Å². The van der Waals surface area contributed by atoms with Crippen LogP contribution in [-0.2, 0) is 6.61 Å². The third-order valence-corrected chi connectivity index (χ3v) is 4.18. The Labute approximate surface area is 154 Å². The van der Waals surface area contributed by atoms with Crippen LogP contribution in [-0.4, -0.2) is 5.91 Å². The molecular weight excluding hydrogens is 322 g/mol. The van der Waals surface area contributed by atoms with Gasteiger partial charge in [-0.2, -0.15) is 0 Å². The van der Waals surface area contributed by atoms with Crippen LogP contribution in [0.4, 0.5) is 5.69 Å². The Morgan fingerprint density at radius 1 is 0.923 bits per heavy atom. The van der Waals surface area contributed by atoms with Gasteiger partial charge in [0.2, 0.25) is 0 Å². The molecule has 3 rings (SSSR count). The second kappa shape index (κ2) is 8.34. The molecular formula is C23H23NO2. The Morgan fingerprint density at radius 2 is 1.65 bits per heavy atom. The summed E-state index contributed by atoms with van der Waals surface area (Å²) in [6.07, 6.45) is 0. The molecule has 3 heteroatoms. The van der Waals surface area contributed by atoms with Gasteiger partial charge in [0, 0.05) is 11.3 Å². The summed E-state index contributed by atoms with van der Waals surface area (Å²) in [5.41, 5.74) is 3.64. The summed E-state index contributed by atoms with van der Waals surface area (Å²) >= 11 is 0. The maximum atomic E-state index is 12.6. The van der Waals surface area contributed by atoms with Crippen LogP contribution in [0.3, 0.4) is 0 Å². The molecule has 0 radical (unpaired) electrons. The van der Waals surface area contributed by atoms with E-state index in [0.717, 1.165) is 16.8 Å². The number of para-hydroxylation sites is 1. The van der Waals surface area contributed by atoms with Crippen LogP contribution < -0.4 is 10.1 Å². The molecule has 132 valence electrons. The van der Waals surface area contributed by atoms with Crippen molar-refractivity contribution in [2.75, 3.05) is 5.32 Å². The maximum Gasteiger partial charge on any atom is 0.255 e. The molecule has 0 fully saturated rings. The molecule has 0 unspecified atom stereocenters. The average Bonchev–Trinajstić information content (AvgIpc) is 2.67. The lowest BCUT2D eigenvalue weighted by atomic mass is 10.0. The van der Waals surface area contributed by atoms with Gasteiger partial charge >= 0.3 is 0 Å². The number of hydrogen-bond donors (Lipinski definition) is 1. The molecule has 0 aliphatic heterocycles. The van der Waals surface area contributed by atoms with Crippen LogP contribution in [0.2, 0.25) is 0 Å². The zero-order valence-electron chi connectivity index (χ0n) is 15.1. The lowest BCUT2D eigenvalue weighted by Crippen LogP contribution is -2.13. The zero-order valence-corrected chi connectivity index (χ0v) is 15.1. The first-order valence-electron chi connectivity index (χ1n) is 8.80. The van der Waals surface area contributed by atoms with Gasteiger partial charge in [-0.1, -0.05) is 68.4 Å². The molecule has 3 aromatic carbocycles. The van der Waals surface area contributed by atoms with Gasteiger partial charge in [-0.15, -0.1) is 0 Å². The number of anilines is 1. The van der Waals surface area contributed by atoms with Crippen molar-refractivity contribution in [3.8, 4) is 5.75 Å². The first-order valence-corrected chi connectivity index (χ1v) is 8.80. The first-order chi connectivity index (χ1) is 12.6. The summed E-state index contributed by atoms with van der Waals surface area (Å²) in [6, 6.07) is 25.1. The van der Waals surface area contributed by atoms with E-state index in [1.165, 1.54) is 0 Å². The predicted molar refractivity (Wildman–Crippen MR) is 106 cm³/mol. The lowest BCUT2D eigenvalue weighted by Gasteiger charge is -2.14. The number of rotatable bonds is 6. The number of benzene rings is 3. The van der Waals surface area contributed by atoms with Crippen molar-refractivity contribution in [3.05, 3.63) is 95.6 Å². The largest absolute Gasteiger partial charge is 0.489 e. The molecule has 0 saturated heterocycles. The molecule has 0 heterocycles. The lowest BCUT2D eigenvalue weighted by molar-refractivity contribution is 0.102. The van der Waals surface area contributed by atoms with Crippen LogP contribution in [0.15, 0.2) is 78.9 Å². The molecule has 0 spiro atoms. The van der Waals surface area contributed by atoms with E-state index < -0.39 is 0 Å². The normalized spacial score (nSPS) is 10.6. The van der Waals surface area contributed by atoms with Crippen molar-refractivity contribution in [1.82, 2.24) is 0 Å². The molecule has 0 aromatic heterocycles. The van der Waals surface area contributed by atoms with Crippen LogP contribution in [0.25, 0.3) is 0 Å². The minimum absolute atomic E-state index is 0.136. The van der Waals surface area contributed by atoms with Gasteiger partial charge in [-0.05, 0) is 41.3 Å². The summed E-state index contributed by atoms with van der Waals surface area (Å²) in [7, 11) is 0. The van der Waals surface area contributed by atoms with Gasteiger partial charge in [0.25, 0.3) is 5.91 Å². The highest BCUT2D eigenvalue weighted by Gasteiger charge is 2.11. The summed E-state index contributed by atoms with van der Waals surface area (Å²) in [5.74, 6) is 0.883. The van der Waals surface area contributed by atoms with Crippen molar-refractivity contribution >= 4 is 11.6 Å². The van der Waals surface area contributed by atoms with Gasteiger partial charge in [0.1, 0.15) is 12.4 Å². The van der Waals surface area contributed by atoms with Crippen LogP contribution in [0.5, 0.6) is 5.75 Å². The fraction of sp³-hybridized carbons (Fsp3) is 0.174. The number of hydrogen-bond acceptors (Lipinski definition) is 2. The molecule has 0 atom stereocenters. The standard InChI is InChI=1S/C23H23NO2/c1-17(2)21-13-6-7-14-22(21)24-23(25)19-11-8-12-20(15-19)26-16-18-9-4-3-5-10-18/h3-15,17H,16H2,1-2H3,(H,24,25). The molecule has 3 nitrogen and oxygen atoms in total. The summed E-state index contributed by atoms with van der Waals surface area (Å²) in [6.45, 7) is 4.70. The predicted octanol–water partition coefficient (Wildman–Crippen LogP) is 5.64. The second-order valence-corrected chi connectivity index (χ2v) is 6.50. The van der Waals surface area contributed by atoms with E-state index >= 15 is 0 Å². The summed E-state index contributed by atoms with van der Waals surface area (Å²) in [4.78, 5) is 12.6. The van der Waals surface area contributed by atoms with E-state index in [9.17, 15) is 4.79 Å². The van der Waals surface area contributed by atoms with Crippen molar-refractivity contribution in [3.63, 3.8) is 0 Å². The smallest absolute Gasteiger partial charge is 0.255 e. The van der Waals surface area contributed by atoms with E-state index in [2.05, 4.69) is 19.2 Å². The van der Waals surface area contributed by atoms with Gasteiger partial charge in [0.05, 0.1) is 0 Å². The van der Waals surface area contributed by atoms with Crippen molar-refractivity contribution in [1.29, 1.82) is 0 Å². The minimum Gasteiger partial charge on any atom is -0.489 e. The highest BCUT2D eigenvalue weighted by Crippen LogP contribution is 2.24. The third-order valence-electron chi connectivity index (χ3n) is 4.18. The van der Waals surface area contributed by atoms with Crippen molar-refractivity contribution in [2.45, 2.75) is 26.4 Å². The maximum absolute atomic E-state index is 12.6. The Kier molecular flexibility index (Phi) is 5.69. The number of ether oxygens (including phenoxy) is 1.